The quantitative estimate of drug-likeness (QED) is 0.572. The Labute approximate surface area is 93.6 Å². The Hall–Kier alpha value is 1.24. The van der Waals surface area contributed by atoms with Crippen LogP contribution in [0.3, 0.4) is 0 Å². The maximum Gasteiger partial charge on any atom is 0.0278 e. The largest absolute Gasteiger partial charge is 0.106 e. The summed E-state index contributed by atoms with van der Waals surface area (Å²) in [7, 11) is 4.60. The molecule has 0 aliphatic rings. The predicted octanol–water partition coefficient (Wildman–Crippen LogP) is 1.66. The molecule has 0 amide bonds. The number of halogens is 1. The van der Waals surface area contributed by atoms with Crippen LogP contribution < -0.4 is 15.9 Å². The fourth-order valence-electron chi connectivity index (χ4n) is 1.01. The van der Waals surface area contributed by atoms with Crippen molar-refractivity contribution < 1.29 is 0 Å². The molecule has 0 aromatic heterocycles. The summed E-state index contributed by atoms with van der Waals surface area (Å²) in [6, 6.07) is 4.54. The first-order valence-corrected chi connectivity index (χ1v) is 8.29. The fourth-order valence-corrected chi connectivity index (χ4v) is 5.06. The molecule has 0 radical (unpaired) electrons. The number of hydrogen-bond donors (Lipinski definition) is 0. The highest BCUT2D eigenvalue weighted by atomic mass is 127. The van der Waals surface area contributed by atoms with E-state index in [4.69, 9.17) is 0 Å². The van der Waals surface area contributed by atoms with Crippen molar-refractivity contribution in [3.8, 4) is 0 Å². The van der Waals surface area contributed by atoms with Gasteiger partial charge in [-0.05, 0) is 64.0 Å². The van der Waals surface area contributed by atoms with Gasteiger partial charge in [0, 0.05) is 3.57 Å². The minimum Gasteiger partial charge on any atom is -0.106 e. The molecule has 1 aromatic carbocycles. The topological polar surface area (TPSA) is 0 Å². The second-order valence-corrected chi connectivity index (χ2v) is 6.25. The average Bonchev–Trinajstić information content (AvgIpc) is 2.08. The van der Waals surface area contributed by atoms with E-state index in [1.807, 2.05) is 0 Å². The molecule has 66 valence electrons. The normalized spacial score (nSPS) is 12.3. The lowest BCUT2D eigenvalue weighted by Crippen LogP contribution is -2.17. The SMILES string of the molecule is CPc1cc(P)cc(PC)c1I. The fraction of sp³-hybridized carbons (Fsp3) is 0.250. The first-order chi connectivity index (χ1) is 5.69. The van der Waals surface area contributed by atoms with Gasteiger partial charge in [0.25, 0.3) is 0 Å². The van der Waals surface area contributed by atoms with Gasteiger partial charge in [0.05, 0.1) is 0 Å². The molecule has 0 aliphatic carbocycles. The number of rotatable bonds is 2. The van der Waals surface area contributed by atoms with E-state index < -0.39 is 0 Å². The van der Waals surface area contributed by atoms with Crippen LogP contribution in [-0.4, -0.2) is 13.3 Å². The van der Waals surface area contributed by atoms with Crippen molar-refractivity contribution >= 4 is 64.9 Å². The highest BCUT2D eigenvalue weighted by Crippen LogP contribution is 2.15. The van der Waals surface area contributed by atoms with E-state index in [0.29, 0.717) is 0 Å². The minimum absolute atomic E-state index is 0.908. The van der Waals surface area contributed by atoms with Gasteiger partial charge < -0.3 is 0 Å². The lowest BCUT2D eigenvalue weighted by Gasteiger charge is -2.08. The maximum absolute atomic E-state index is 2.78. The first kappa shape index (κ1) is 11.3. The Morgan fingerprint density at radius 1 is 1.17 bits per heavy atom. The van der Waals surface area contributed by atoms with Crippen molar-refractivity contribution in [3.05, 3.63) is 15.7 Å². The number of hydrogen-bond acceptors (Lipinski definition) is 0. The Kier molecular flexibility index (Phi) is 4.91. The van der Waals surface area contributed by atoms with E-state index in [2.05, 4.69) is 57.3 Å². The molecule has 3 atom stereocenters. The van der Waals surface area contributed by atoms with Crippen LogP contribution in [-0.2, 0) is 0 Å². The third-order valence-corrected chi connectivity index (χ3v) is 6.01. The third kappa shape index (κ3) is 2.61. The molecule has 0 saturated heterocycles. The molecule has 1 aromatic rings. The third-order valence-electron chi connectivity index (χ3n) is 1.63. The smallest absolute Gasteiger partial charge is 0.0278 e. The van der Waals surface area contributed by atoms with Crippen LogP contribution in [0.25, 0.3) is 0 Å². The molecule has 0 nitrogen and oxygen atoms in total. The first-order valence-electron chi connectivity index (χ1n) is 3.63. The molecule has 0 spiro atoms. The minimum atomic E-state index is 0.908. The van der Waals surface area contributed by atoms with Crippen molar-refractivity contribution in [1.82, 2.24) is 0 Å². The Morgan fingerprint density at radius 2 is 1.58 bits per heavy atom. The zero-order chi connectivity index (χ0) is 9.14. The lowest BCUT2D eigenvalue weighted by molar-refractivity contribution is 1.85. The van der Waals surface area contributed by atoms with Crippen LogP contribution >= 0.6 is 49.0 Å². The highest BCUT2D eigenvalue weighted by Gasteiger charge is 2.03. The van der Waals surface area contributed by atoms with E-state index in [9.17, 15) is 0 Å². The zero-order valence-corrected chi connectivity index (χ0v) is 12.4. The highest BCUT2D eigenvalue weighted by molar-refractivity contribution is 14.1. The van der Waals surface area contributed by atoms with E-state index in [0.717, 1.165) is 17.2 Å². The molecule has 0 bridgehead atoms. The van der Waals surface area contributed by atoms with Crippen molar-refractivity contribution in [2.75, 3.05) is 13.3 Å². The Bertz CT molecular complexity index is 261. The van der Waals surface area contributed by atoms with Gasteiger partial charge in [0.2, 0.25) is 0 Å². The Balaban J connectivity index is 3.22. The molecule has 1 rings (SSSR count). The van der Waals surface area contributed by atoms with E-state index in [1.165, 1.54) is 19.5 Å². The number of benzene rings is 1. The van der Waals surface area contributed by atoms with Crippen LogP contribution in [0.5, 0.6) is 0 Å². The van der Waals surface area contributed by atoms with Gasteiger partial charge in [-0.25, -0.2) is 0 Å². The second-order valence-electron chi connectivity index (χ2n) is 2.43. The van der Waals surface area contributed by atoms with Gasteiger partial charge in [0.15, 0.2) is 0 Å². The molecule has 0 saturated carbocycles. The summed E-state index contributed by atoms with van der Waals surface area (Å²) >= 11 is 2.46. The summed E-state index contributed by atoms with van der Waals surface area (Å²) in [6.07, 6.45) is 0. The Morgan fingerprint density at radius 3 is 1.92 bits per heavy atom. The van der Waals surface area contributed by atoms with Gasteiger partial charge in [0.1, 0.15) is 0 Å². The van der Waals surface area contributed by atoms with Crippen LogP contribution in [0, 0.1) is 3.57 Å². The van der Waals surface area contributed by atoms with Gasteiger partial charge in [-0.3, -0.25) is 0 Å². The van der Waals surface area contributed by atoms with Crippen LogP contribution in [0.15, 0.2) is 12.1 Å². The molecule has 0 N–H and O–H groups in total. The van der Waals surface area contributed by atoms with Crippen molar-refractivity contribution in [2.45, 2.75) is 0 Å². The maximum atomic E-state index is 2.78. The van der Waals surface area contributed by atoms with Gasteiger partial charge in [-0.2, -0.15) is 0 Å². The van der Waals surface area contributed by atoms with E-state index >= 15 is 0 Å². The van der Waals surface area contributed by atoms with Crippen LogP contribution in [0.2, 0.25) is 0 Å². The molecule has 4 heteroatoms. The van der Waals surface area contributed by atoms with Gasteiger partial charge in [-0.1, -0.05) is 17.2 Å². The molecular weight excluding hydrogens is 316 g/mol. The van der Waals surface area contributed by atoms with Crippen molar-refractivity contribution in [1.29, 1.82) is 0 Å². The predicted molar refractivity (Wildman–Crippen MR) is 76.2 cm³/mol. The van der Waals surface area contributed by atoms with Crippen molar-refractivity contribution in [3.63, 3.8) is 0 Å². The van der Waals surface area contributed by atoms with Gasteiger partial charge >= 0.3 is 0 Å². The molecule has 12 heavy (non-hydrogen) atoms. The lowest BCUT2D eigenvalue weighted by atomic mass is 10.4. The van der Waals surface area contributed by atoms with Gasteiger partial charge in [-0.15, -0.1) is 9.24 Å². The summed E-state index contributed by atoms with van der Waals surface area (Å²) < 4.78 is 1.47. The monoisotopic (exact) mass is 328 g/mol. The summed E-state index contributed by atoms with van der Waals surface area (Å²) in [6.45, 7) is 4.48. The zero-order valence-electron chi connectivity index (χ0n) is 7.11. The second kappa shape index (κ2) is 5.20. The summed E-state index contributed by atoms with van der Waals surface area (Å²) in [5.41, 5.74) is 0. The van der Waals surface area contributed by atoms with Crippen molar-refractivity contribution in [2.24, 2.45) is 0 Å². The standard InChI is InChI=1S/C8H12IP3/c1-11-6-3-5(10)4-7(12-2)8(6)9/h3-4,11-12H,10H2,1-2H3. The average molecular weight is 328 g/mol. The van der Waals surface area contributed by atoms with E-state index in [-0.39, 0.29) is 0 Å². The van der Waals surface area contributed by atoms with Crippen LogP contribution in [0.4, 0.5) is 0 Å². The molecule has 0 heterocycles. The molecule has 0 fully saturated rings. The molecule has 3 unspecified atom stereocenters. The summed E-state index contributed by atoms with van der Waals surface area (Å²) in [4.78, 5) is 0. The van der Waals surface area contributed by atoms with Crippen LogP contribution in [0.1, 0.15) is 0 Å². The molecular formula is C8H12IP3. The summed E-state index contributed by atoms with van der Waals surface area (Å²) in [5, 5.41) is 4.34. The summed E-state index contributed by atoms with van der Waals surface area (Å²) in [5.74, 6) is 0. The molecule has 0 aliphatic heterocycles. The van der Waals surface area contributed by atoms with E-state index in [1.54, 1.807) is 0 Å².